The van der Waals surface area contributed by atoms with Gasteiger partial charge in [0.15, 0.2) is 0 Å². The van der Waals surface area contributed by atoms with Gasteiger partial charge < -0.3 is 5.11 Å². The summed E-state index contributed by atoms with van der Waals surface area (Å²) in [6, 6.07) is 5.76. The van der Waals surface area contributed by atoms with E-state index in [9.17, 15) is 4.79 Å². The van der Waals surface area contributed by atoms with Gasteiger partial charge in [-0.1, -0.05) is 19.9 Å². The van der Waals surface area contributed by atoms with Crippen LogP contribution in [-0.2, 0) is 11.3 Å². The van der Waals surface area contributed by atoms with Crippen LogP contribution < -0.4 is 0 Å². The van der Waals surface area contributed by atoms with Crippen LogP contribution in [0.2, 0.25) is 0 Å². The number of hydrogen-bond donors (Lipinski definition) is 1. The van der Waals surface area contributed by atoms with E-state index in [1.165, 1.54) is 0 Å². The lowest BCUT2D eigenvalue weighted by Gasteiger charge is -2.21. The van der Waals surface area contributed by atoms with Crippen LogP contribution in [0.1, 0.15) is 19.5 Å². The second kappa shape index (κ2) is 7.28. The van der Waals surface area contributed by atoms with Gasteiger partial charge in [-0.05, 0) is 18.7 Å². The molecule has 6 heteroatoms. The Hall–Kier alpha value is -1.79. The summed E-state index contributed by atoms with van der Waals surface area (Å²) in [6.07, 6.45) is 1.75. The number of nitrogens with zero attached hydrogens (tertiary/aromatic N) is 3. The van der Waals surface area contributed by atoms with Crippen LogP contribution in [0.15, 0.2) is 29.8 Å². The Balaban J connectivity index is 2.02. The maximum Gasteiger partial charge on any atom is 0.307 e. The maximum atomic E-state index is 10.9. The average molecular weight is 305 g/mol. The molecule has 0 aliphatic heterocycles. The lowest BCUT2D eigenvalue weighted by Crippen LogP contribution is -2.31. The summed E-state index contributed by atoms with van der Waals surface area (Å²) in [7, 11) is 0. The molecular weight excluding hydrogens is 286 g/mol. The molecule has 0 saturated heterocycles. The molecule has 2 aromatic heterocycles. The van der Waals surface area contributed by atoms with Gasteiger partial charge in [0.2, 0.25) is 0 Å². The molecule has 0 aliphatic carbocycles. The minimum absolute atomic E-state index is 0.376. The van der Waals surface area contributed by atoms with Gasteiger partial charge in [-0.2, -0.15) is 0 Å². The van der Waals surface area contributed by atoms with E-state index >= 15 is 0 Å². The molecule has 5 nitrogen and oxygen atoms in total. The first-order chi connectivity index (χ1) is 10.1. The van der Waals surface area contributed by atoms with Crippen molar-refractivity contribution >= 4 is 17.3 Å². The number of carboxylic acid groups (broad SMARTS) is 1. The van der Waals surface area contributed by atoms with E-state index in [1.807, 2.05) is 30.5 Å². The van der Waals surface area contributed by atoms with E-state index in [1.54, 1.807) is 24.5 Å². The summed E-state index contributed by atoms with van der Waals surface area (Å²) in [5.41, 5.74) is 1.83. The number of aliphatic carboxylic acids is 1. The second-order valence-corrected chi connectivity index (χ2v) is 5.78. The van der Waals surface area contributed by atoms with Gasteiger partial charge in [0.05, 0.1) is 17.3 Å². The normalized spacial score (nSPS) is 12.5. The fourth-order valence-electron chi connectivity index (χ4n) is 1.99. The summed E-state index contributed by atoms with van der Waals surface area (Å²) in [6.45, 7) is 5.75. The number of pyridine rings is 1. The van der Waals surface area contributed by atoms with Crippen LogP contribution in [0.4, 0.5) is 0 Å². The van der Waals surface area contributed by atoms with Crippen LogP contribution in [0.25, 0.3) is 10.7 Å². The molecule has 1 N–H and O–H groups in total. The van der Waals surface area contributed by atoms with Crippen molar-refractivity contribution in [3.63, 3.8) is 0 Å². The van der Waals surface area contributed by atoms with Crippen molar-refractivity contribution in [3.8, 4) is 10.7 Å². The number of thiazole rings is 1. The molecule has 0 aliphatic rings. The molecule has 0 spiro atoms. The zero-order valence-electron chi connectivity index (χ0n) is 12.2. The van der Waals surface area contributed by atoms with E-state index in [0.29, 0.717) is 13.1 Å². The highest BCUT2D eigenvalue weighted by Gasteiger charge is 2.16. The number of carboxylic acids is 1. The summed E-state index contributed by atoms with van der Waals surface area (Å²) < 4.78 is 0. The molecule has 0 fully saturated rings. The molecule has 2 aromatic rings. The Kier molecular flexibility index (Phi) is 5.41. The first kappa shape index (κ1) is 15.6. The van der Waals surface area contributed by atoms with E-state index in [2.05, 4.69) is 14.9 Å². The van der Waals surface area contributed by atoms with Crippen molar-refractivity contribution in [2.24, 2.45) is 5.92 Å². The van der Waals surface area contributed by atoms with Crippen LogP contribution >= 0.6 is 11.3 Å². The Labute approximate surface area is 128 Å². The third-order valence-corrected chi connectivity index (χ3v) is 4.14. The van der Waals surface area contributed by atoms with Crippen LogP contribution in [0, 0.1) is 5.92 Å². The van der Waals surface area contributed by atoms with Crippen molar-refractivity contribution in [1.82, 2.24) is 14.9 Å². The molecule has 112 valence electrons. The van der Waals surface area contributed by atoms with Crippen molar-refractivity contribution in [1.29, 1.82) is 0 Å². The predicted molar refractivity (Wildman–Crippen MR) is 83.1 cm³/mol. The lowest BCUT2D eigenvalue weighted by molar-refractivity contribution is -0.141. The second-order valence-electron chi connectivity index (χ2n) is 4.93. The molecule has 1 atom stereocenters. The van der Waals surface area contributed by atoms with Gasteiger partial charge in [0, 0.05) is 24.7 Å². The van der Waals surface area contributed by atoms with Gasteiger partial charge in [0.25, 0.3) is 0 Å². The number of aromatic nitrogens is 2. The molecule has 0 aromatic carbocycles. The number of carbonyl (C=O) groups is 1. The highest BCUT2D eigenvalue weighted by Crippen LogP contribution is 2.22. The maximum absolute atomic E-state index is 10.9. The highest BCUT2D eigenvalue weighted by molar-refractivity contribution is 7.13. The Morgan fingerprint density at radius 3 is 2.90 bits per heavy atom. The van der Waals surface area contributed by atoms with E-state index in [0.717, 1.165) is 22.9 Å². The number of rotatable bonds is 7. The van der Waals surface area contributed by atoms with Crippen LogP contribution in [-0.4, -0.2) is 39.0 Å². The molecular formula is C15H19N3O2S. The van der Waals surface area contributed by atoms with E-state index in [-0.39, 0.29) is 5.92 Å². The average Bonchev–Trinajstić information content (AvgIpc) is 2.95. The van der Waals surface area contributed by atoms with Gasteiger partial charge >= 0.3 is 5.97 Å². The van der Waals surface area contributed by atoms with Crippen LogP contribution in [0.5, 0.6) is 0 Å². The lowest BCUT2D eigenvalue weighted by atomic mass is 10.1. The molecule has 1 unspecified atom stereocenters. The monoisotopic (exact) mass is 305 g/mol. The SMILES string of the molecule is CCN(Cc1csc(-c2ccccn2)n1)CC(C)C(=O)O. The van der Waals surface area contributed by atoms with Gasteiger partial charge in [-0.25, -0.2) is 4.98 Å². The Morgan fingerprint density at radius 2 is 2.29 bits per heavy atom. The van der Waals surface area contributed by atoms with E-state index in [4.69, 9.17) is 5.11 Å². The van der Waals surface area contributed by atoms with Crippen LogP contribution in [0.3, 0.4) is 0 Å². The fraction of sp³-hybridized carbons (Fsp3) is 0.400. The van der Waals surface area contributed by atoms with Crippen molar-refractivity contribution in [2.45, 2.75) is 20.4 Å². The summed E-state index contributed by atoms with van der Waals surface area (Å²) >= 11 is 1.56. The smallest absolute Gasteiger partial charge is 0.307 e. The molecule has 2 heterocycles. The largest absolute Gasteiger partial charge is 0.481 e. The minimum Gasteiger partial charge on any atom is -0.481 e. The van der Waals surface area contributed by atoms with Crippen molar-refractivity contribution in [2.75, 3.05) is 13.1 Å². The summed E-state index contributed by atoms with van der Waals surface area (Å²) in [5, 5.41) is 11.9. The Morgan fingerprint density at radius 1 is 1.48 bits per heavy atom. The highest BCUT2D eigenvalue weighted by atomic mass is 32.1. The van der Waals surface area contributed by atoms with E-state index < -0.39 is 5.97 Å². The molecule has 0 saturated carbocycles. The van der Waals surface area contributed by atoms with Gasteiger partial charge in [-0.3, -0.25) is 14.7 Å². The molecule has 0 bridgehead atoms. The molecule has 21 heavy (non-hydrogen) atoms. The third-order valence-electron chi connectivity index (χ3n) is 3.22. The zero-order chi connectivity index (χ0) is 15.2. The zero-order valence-corrected chi connectivity index (χ0v) is 13.0. The summed E-state index contributed by atoms with van der Waals surface area (Å²) in [4.78, 5) is 21.9. The minimum atomic E-state index is -0.763. The first-order valence-electron chi connectivity index (χ1n) is 6.91. The van der Waals surface area contributed by atoms with Crippen molar-refractivity contribution in [3.05, 3.63) is 35.5 Å². The molecule has 0 amide bonds. The standard InChI is InChI=1S/C15H19N3O2S/c1-3-18(8-11(2)15(19)20)9-12-10-21-14(17-12)13-6-4-5-7-16-13/h4-7,10-11H,3,8-9H2,1-2H3,(H,19,20). The van der Waals surface area contributed by atoms with Gasteiger partial charge in [0.1, 0.15) is 5.01 Å². The Bertz CT molecular complexity index is 586. The third kappa shape index (κ3) is 4.34. The predicted octanol–water partition coefficient (Wildman–Crippen LogP) is 2.75. The molecule has 0 radical (unpaired) electrons. The topological polar surface area (TPSA) is 66.3 Å². The number of hydrogen-bond acceptors (Lipinski definition) is 5. The quantitative estimate of drug-likeness (QED) is 0.852. The van der Waals surface area contributed by atoms with Crippen molar-refractivity contribution < 1.29 is 9.90 Å². The summed E-state index contributed by atoms with van der Waals surface area (Å²) in [5.74, 6) is -1.14. The first-order valence-corrected chi connectivity index (χ1v) is 7.79. The van der Waals surface area contributed by atoms with Gasteiger partial charge in [-0.15, -0.1) is 11.3 Å². The molecule has 2 rings (SSSR count). The fourth-order valence-corrected chi connectivity index (χ4v) is 2.77.